The molecule has 0 aliphatic heterocycles. The number of carbonyl (C=O) groups excluding carboxylic acids is 2. The summed E-state index contributed by atoms with van der Waals surface area (Å²) in [7, 11) is 3.08. The van der Waals surface area contributed by atoms with Crippen molar-refractivity contribution < 1.29 is 23.2 Å². The standard InChI is InChI=1S/C17H17N3O6/c1-10-13(14-15(26-10)18-9-20(3)16(14)22)17(23)25-8-12(21)19(2)7-11-5-4-6-24-11/h4-6,9H,7-8H2,1-3H3. The van der Waals surface area contributed by atoms with Gasteiger partial charge in [-0.2, -0.15) is 0 Å². The second kappa shape index (κ2) is 6.87. The van der Waals surface area contributed by atoms with Gasteiger partial charge < -0.3 is 23.0 Å². The van der Waals surface area contributed by atoms with Crippen LogP contribution in [0, 0.1) is 6.92 Å². The maximum atomic E-state index is 12.4. The van der Waals surface area contributed by atoms with E-state index in [4.69, 9.17) is 13.6 Å². The molecule has 0 fully saturated rings. The molecule has 0 saturated carbocycles. The molecule has 9 heteroatoms. The number of hydrogen-bond donors (Lipinski definition) is 0. The summed E-state index contributed by atoms with van der Waals surface area (Å²) < 4.78 is 16.8. The van der Waals surface area contributed by atoms with Crippen molar-refractivity contribution in [3.8, 4) is 0 Å². The highest BCUT2D eigenvalue weighted by atomic mass is 16.5. The summed E-state index contributed by atoms with van der Waals surface area (Å²) >= 11 is 0. The molecule has 3 aromatic rings. The molecule has 3 heterocycles. The van der Waals surface area contributed by atoms with Crippen molar-refractivity contribution in [3.05, 3.63) is 52.2 Å². The zero-order valence-corrected chi connectivity index (χ0v) is 14.5. The van der Waals surface area contributed by atoms with Crippen LogP contribution in [-0.4, -0.2) is 40.0 Å². The van der Waals surface area contributed by atoms with Gasteiger partial charge in [-0.15, -0.1) is 0 Å². The molecule has 0 N–H and O–H groups in total. The molecule has 3 aromatic heterocycles. The third-order valence-electron chi connectivity index (χ3n) is 3.88. The number of aromatic nitrogens is 2. The van der Waals surface area contributed by atoms with E-state index < -0.39 is 24.0 Å². The van der Waals surface area contributed by atoms with E-state index in [2.05, 4.69) is 4.98 Å². The molecular weight excluding hydrogens is 342 g/mol. The number of amides is 1. The third-order valence-corrected chi connectivity index (χ3v) is 3.88. The van der Waals surface area contributed by atoms with Crippen molar-refractivity contribution in [2.45, 2.75) is 13.5 Å². The maximum absolute atomic E-state index is 12.4. The van der Waals surface area contributed by atoms with Gasteiger partial charge in [-0.3, -0.25) is 9.59 Å². The first-order chi connectivity index (χ1) is 12.4. The average molecular weight is 359 g/mol. The van der Waals surface area contributed by atoms with Crippen LogP contribution in [0.2, 0.25) is 0 Å². The summed E-state index contributed by atoms with van der Waals surface area (Å²) in [6, 6.07) is 3.45. The van der Waals surface area contributed by atoms with E-state index in [1.165, 1.54) is 36.0 Å². The van der Waals surface area contributed by atoms with Crippen LogP contribution in [0.25, 0.3) is 11.1 Å². The van der Waals surface area contributed by atoms with Gasteiger partial charge in [-0.05, 0) is 19.1 Å². The largest absolute Gasteiger partial charge is 0.467 e. The zero-order valence-electron chi connectivity index (χ0n) is 14.5. The first-order valence-corrected chi connectivity index (χ1v) is 7.76. The van der Waals surface area contributed by atoms with Crippen LogP contribution in [0.4, 0.5) is 0 Å². The number of aryl methyl sites for hydroxylation is 2. The zero-order chi connectivity index (χ0) is 18.8. The highest BCUT2D eigenvalue weighted by Crippen LogP contribution is 2.21. The van der Waals surface area contributed by atoms with Gasteiger partial charge in [-0.1, -0.05) is 0 Å². The molecule has 0 saturated heterocycles. The Kier molecular flexibility index (Phi) is 4.61. The summed E-state index contributed by atoms with van der Waals surface area (Å²) in [5, 5.41) is 0.0360. The number of fused-ring (bicyclic) bond motifs is 1. The van der Waals surface area contributed by atoms with Crippen LogP contribution in [0.1, 0.15) is 21.9 Å². The second-order valence-electron chi connectivity index (χ2n) is 5.78. The molecule has 0 bridgehead atoms. The van der Waals surface area contributed by atoms with E-state index in [0.717, 1.165) is 0 Å². The van der Waals surface area contributed by atoms with E-state index in [1.807, 2.05) is 0 Å². The quantitative estimate of drug-likeness (QED) is 0.631. The lowest BCUT2D eigenvalue weighted by molar-refractivity contribution is -0.133. The Morgan fingerprint density at radius 1 is 1.38 bits per heavy atom. The number of carbonyl (C=O) groups is 2. The van der Waals surface area contributed by atoms with Crippen molar-refractivity contribution in [2.75, 3.05) is 13.7 Å². The number of furan rings is 2. The number of rotatable bonds is 5. The van der Waals surface area contributed by atoms with Crippen molar-refractivity contribution in [2.24, 2.45) is 7.05 Å². The minimum Gasteiger partial charge on any atom is -0.467 e. The van der Waals surface area contributed by atoms with Gasteiger partial charge in [0.1, 0.15) is 28.8 Å². The summed E-state index contributed by atoms with van der Waals surface area (Å²) in [6.07, 6.45) is 2.81. The fourth-order valence-corrected chi connectivity index (χ4v) is 2.47. The van der Waals surface area contributed by atoms with Crippen molar-refractivity contribution in [1.29, 1.82) is 0 Å². The van der Waals surface area contributed by atoms with E-state index in [1.54, 1.807) is 19.2 Å². The average Bonchev–Trinajstić information content (AvgIpc) is 3.23. The molecule has 0 aliphatic rings. The topological polar surface area (TPSA) is 108 Å². The molecule has 136 valence electrons. The van der Waals surface area contributed by atoms with Crippen LogP contribution in [0.15, 0.2) is 38.4 Å². The van der Waals surface area contributed by atoms with Crippen LogP contribution in [0.3, 0.4) is 0 Å². The molecule has 1 amide bonds. The Labute approximate surface area is 147 Å². The van der Waals surface area contributed by atoms with Crippen LogP contribution in [0.5, 0.6) is 0 Å². The Balaban J connectivity index is 1.73. The highest BCUT2D eigenvalue weighted by molar-refractivity contribution is 6.03. The molecule has 0 spiro atoms. The number of esters is 1. The molecule has 0 aliphatic carbocycles. The number of likely N-dealkylation sites (N-methyl/N-ethyl adjacent to an activating group) is 1. The first kappa shape index (κ1) is 17.5. The summed E-state index contributed by atoms with van der Waals surface area (Å²) in [5.74, 6) is -0.409. The second-order valence-corrected chi connectivity index (χ2v) is 5.78. The van der Waals surface area contributed by atoms with Gasteiger partial charge in [0.15, 0.2) is 6.61 Å². The Hall–Kier alpha value is -3.36. The van der Waals surface area contributed by atoms with Gasteiger partial charge in [0.05, 0.1) is 12.8 Å². The Morgan fingerprint density at radius 3 is 2.85 bits per heavy atom. The fourth-order valence-electron chi connectivity index (χ4n) is 2.47. The molecular formula is C17H17N3O6. The van der Waals surface area contributed by atoms with Gasteiger partial charge in [0, 0.05) is 14.1 Å². The van der Waals surface area contributed by atoms with Crippen molar-refractivity contribution in [1.82, 2.24) is 14.5 Å². The van der Waals surface area contributed by atoms with Gasteiger partial charge >= 0.3 is 5.97 Å². The molecule has 9 nitrogen and oxygen atoms in total. The number of ether oxygens (including phenoxy) is 1. The lowest BCUT2D eigenvalue weighted by atomic mass is 10.2. The maximum Gasteiger partial charge on any atom is 0.343 e. The lowest BCUT2D eigenvalue weighted by Crippen LogP contribution is -2.31. The number of nitrogens with zero attached hydrogens (tertiary/aromatic N) is 3. The molecule has 3 rings (SSSR count). The molecule has 0 aromatic carbocycles. The van der Waals surface area contributed by atoms with Gasteiger partial charge in [0.2, 0.25) is 5.71 Å². The van der Waals surface area contributed by atoms with Crippen molar-refractivity contribution in [3.63, 3.8) is 0 Å². The van der Waals surface area contributed by atoms with Crippen LogP contribution < -0.4 is 5.56 Å². The predicted octanol–water partition coefficient (Wildman–Crippen LogP) is 1.24. The van der Waals surface area contributed by atoms with E-state index in [9.17, 15) is 14.4 Å². The smallest absolute Gasteiger partial charge is 0.343 e. The van der Waals surface area contributed by atoms with Gasteiger partial charge in [-0.25, -0.2) is 9.78 Å². The normalized spacial score (nSPS) is 10.9. The molecule has 0 unspecified atom stereocenters. The molecule has 0 atom stereocenters. The fraction of sp³-hybridized carbons (Fsp3) is 0.294. The van der Waals surface area contributed by atoms with Crippen LogP contribution in [-0.2, 0) is 23.1 Å². The summed E-state index contributed by atoms with van der Waals surface area (Å²) in [4.78, 5) is 42.1. The minimum atomic E-state index is -0.814. The predicted molar refractivity (Wildman–Crippen MR) is 89.5 cm³/mol. The Morgan fingerprint density at radius 2 is 2.15 bits per heavy atom. The lowest BCUT2D eigenvalue weighted by Gasteiger charge is -2.15. The first-order valence-electron chi connectivity index (χ1n) is 7.76. The van der Waals surface area contributed by atoms with E-state index in [-0.39, 0.29) is 29.0 Å². The van der Waals surface area contributed by atoms with Gasteiger partial charge in [0.25, 0.3) is 11.5 Å². The number of hydrogen-bond acceptors (Lipinski definition) is 7. The highest BCUT2D eigenvalue weighted by Gasteiger charge is 2.24. The van der Waals surface area contributed by atoms with Crippen molar-refractivity contribution >= 4 is 23.0 Å². The minimum absolute atomic E-state index is 0.0183. The summed E-state index contributed by atoms with van der Waals surface area (Å²) in [6.45, 7) is 1.31. The van der Waals surface area contributed by atoms with E-state index in [0.29, 0.717) is 5.76 Å². The Bertz CT molecular complexity index is 1020. The SMILES string of the molecule is Cc1oc2ncn(C)c(=O)c2c1C(=O)OCC(=O)N(C)Cc1ccco1. The van der Waals surface area contributed by atoms with E-state index >= 15 is 0 Å². The third kappa shape index (κ3) is 3.23. The molecule has 26 heavy (non-hydrogen) atoms. The molecule has 0 radical (unpaired) electrons. The van der Waals surface area contributed by atoms with Crippen LogP contribution >= 0.6 is 0 Å². The summed E-state index contributed by atoms with van der Waals surface area (Å²) in [5.41, 5.74) is -0.394. The monoisotopic (exact) mass is 359 g/mol.